The zero-order chi connectivity index (χ0) is 22.9. The molecule has 1 aromatic rings. The fourth-order valence-electron chi connectivity index (χ4n) is 4.40. The van der Waals surface area contributed by atoms with Gasteiger partial charge in [0.05, 0.1) is 13.2 Å². The maximum atomic E-state index is 12.3. The van der Waals surface area contributed by atoms with Crippen molar-refractivity contribution < 1.29 is 19.1 Å². The second kappa shape index (κ2) is 12.0. The van der Waals surface area contributed by atoms with Crippen LogP contribution in [0.1, 0.15) is 57.2 Å². The van der Waals surface area contributed by atoms with E-state index < -0.39 is 12.0 Å². The van der Waals surface area contributed by atoms with Crippen molar-refractivity contribution in [2.75, 3.05) is 38.7 Å². The quantitative estimate of drug-likeness (QED) is 0.507. The van der Waals surface area contributed by atoms with Gasteiger partial charge < -0.3 is 25.0 Å². The summed E-state index contributed by atoms with van der Waals surface area (Å²) in [6.45, 7) is 6.44. The summed E-state index contributed by atoms with van der Waals surface area (Å²) in [5.74, 6) is 1.29. The second-order valence-electron chi connectivity index (χ2n) is 8.70. The molecule has 32 heavy (non-hydrogen) atoms. The van der Waals surface area contributed by atoms with E-state index in [1.165, 1.54) is 19.1 Å². The summed E-state index contributed by atoms with van der Waals surface area (Å²) in [4.78, 5) is 30.7. The van der Waals surface area contributed by atoms with E-state index in [0.717, 1.165) is 50.2 Å². The minimum absolute atomic E-state index is 0.231. The molecule has 3 rings (SSSR count). The number of carbonyl (C=O) groups excluding carboxylic acids is 2. The van der Waals surface area contributed by atoms with Crippen LogP contribution in [-0.4, -0.2) is 67.4 Å². The molecular weight excluding hydrogens is 408 g/mol. The van der Waals surface area contributed by atoms with Gasteiger partial charge in [0.2, 0.25) is 0 Å². The molecule has 2 aliphatic rings. The normalized spacial score (nSPS) is 20.3. The number of nitrogens with zero attached hydrogens (tertiary/aromatic N) is 2. The van der Waals surface area contributed by atoms with Crippen LogP contribution in [0.15, 0.2) is 12.1 Å². The monoisotopic (exact) mass is 446 g/mol. The van der Waals surface area contributed by atoms with Crippen LogP contribution in [0.3, 0.4) is 0 Å². The number of methoxy groups -OCH3 is 1. The van der Waals surface area contributed by atoms with Crippen LogP contribution in [0, 0.1) is 5.92 Å². The average molecular weight is 447 g/mol. The molecule has 0 aromatic carbocycles. The van der Waals surface area contributed by atoms with Gasteiger partial charge in [-0.3, -0.25) is 0 Å². The molecule has 2 heterocycles. The molecule has 178 valence electrons. The summed E-state index contributed by atoms with van der Waals surface area (Å²) < 4.78 is 10.8. The number of pyridine rings is 1. The molecule has 0 radical (unpaired) electrons. The predicted molar refractivity (Wildman–Crippen MR) is 124 cm³/mol. The largest absolute Gasteiger partial charge is 0.467 e. The minimum atomic E-state index is -0.687. The third-order valence-corrected chi connectivity index (χ3v) is 6.55. The van der Waals surface area contributed by atoms with Gasteiger partial charge in [0.25, 0.3) is 0 Å². The van der Waals surface area contributed by atoms with Crippen molar-refractivity contribution >= 4 is 17.8 Å². The van der Waals surface area contributed by atoms with Crippen LogP contribution in [0.4, 0.5) is 10.6 Å². The first-order chi connectivity index (χ1) is 15.5. The number of hydrogen-bond donors (Lipinski definition) is 2. The summed E-state index contributed by atoms with van der Waals surface area (Å²) in [5, 5.41) is 6.17. The lowest BCUT2D eigenvalue weighted by Crippen LogP contribution is -2.48. The van der Waals surface area contributed by atoms with E-state index in [2.05, 4.69) is 22.8 Å². The lowest BCUT2D eigenvalue weighted by atomic mass is 9.79. The number of rotatable bonds is 11. The Bertz CT molecular complexity index is 762. The van der Waals surface area contributed by atoms with Crippen molar-refractivity contribution in [3.63, 3.8) is 0 Å². The third-order valence-electron chi connectivity index (χ3n) is 6.55. The first kappa shape index (κ1) is 24.3. The Morgan fingerprint density at radius 3 is 2.78 bits per heavy atom. The highest BCUT2D eigenvalue weighted by Crippen LogP contribution is 2.34. The van der Waals surface area contributed by atoms with Gasteiger partial charge in [0, 0.05) is 38.4 Å². The van der Waals surface area contributed by atoms with Gasteiger partial charge in [-0.05, 0) is 69.9 Å². The molecule has 2 N–H and O–H groups in total. The van der Waals surface area contributed by atoms with Crippen LogP contribution >= 0.6 is 0 Å². The molecule has 0 saturated heterocycles. The van der Waals surface area contributed by atoms with E-state index in [0.29, 0.717) is 32.0 Å². The Balaban J connectivity index is 1.34. The number of urea groups is 1. The number of anilines is 1. The molecule has 8 heteroatoms. The fraction of sp³-hybridized carbons (Fsp3) is 0.708. The van der Waals surface area contributed by atoms with E-state index in [4.69, 9.17) is 14.5 Å². The van der Waals surface area contributed by atoms with Crippen molar-refractivity contribution in [3.8, 4) is 0 Å². The predicted octanol–water partition coefficient (Wildman–Crippen LogP) is 3.15. The standard InChI is InChI=1S/C24H38N4O4/c1-4-28(5-2)24(30)27-21(23(29)31-3)12-14-32-20-15-17(16-20)8-10-19-11-9-18-7-6-13-25-22(18)26-19/h9,11,17,20-21H,4-8,10,12-16H2,1-3H3,(H,25,26)(H,27,30)/t17?,20?,21-/m0/s1. The highest BCUT2D eigenvalue weighted by Gasteiger charge is 2.30. The molecule has 0 unspecified atom stereocenters. The molecule has 1 fully saturated rings. The summed E-state index contributed by atoms with van der Waals surface area (Å²) in [7, 11) is 1.34. The number of carbonyl (C=O) groups is 2. The van der Waals surface area contributed by atoms with Crippen LogP contribution in [0.5, 0.6) is 0 Å². The number of nitrogens with one attached hydrogen (secondary N) is 2. The number of ether oxygens (including phenoxy) is 2. The van der Waals surface area contributed by atoms with Crippen molar-refractivity contribution in [1.82, 2.24) is 15.2 Å². The van der Waals surface area contributed by atoms with Crippen molar-refractivity contribution in [1.29, 1.82) is 0 Å². The van der Waals surface area contributed by atoms with Gasteiger partial charge in [-0.2, -0.15) is 0 Å². The van der Waals surface area contributed by atoms with E-state index in [-0.39, 0.29) is 12.1 Å². The number of aromatic nitrogens is 1. The third kappa shape index (κ3) is 6.58. The molecule has 1 aliphatic heterocycles. The topological polar surface area (TPSA) is 92.8 Å². The average Bonchev–Trinajstić information content (AvgIpc) is 2.79. The Labute approximate surface area is 191 Å². The van der Waals surface area contributed by atoms with Crippen LogP contribution < -0.4 is 10.6 Å². The number of hydrogen-bond acceptors (Lipinski definition) is 6. The Morgan fingerprint density at radius 1 is 1.28 bits per heavy atom. The SMILES string of the molecule is CCN(CC)C(=O)N[C@@H](CCOC1CC(CCc2ccc3c(n2)NCCC3)C1)C(=O)OC. The van der Waals surface area contributed by atoms with Crippen LogP contribution in [0.2, 0.25) is 0 Å². The Morgan fingerprint density at radius 2 is 2.06 bits per heavy atom. The summed E-state index contributed by atoms with van der Waals surface area (Å²) in [5.41, 5.74) is 2.49. The molecule has 1 saturated carbocycles. The van der Waals surface area contributed by atoms with Crippen molar-refractivity contribution in [2.24, 2.45) is 5.92 Å². The van der Waals surface area contributed by atoms with Crippen LogP contribution in [0.25, 0.3) is 0 Å². The lowest BCUT2D eigenvalue weighted by Gasteiger charge is -2.35. The van der Waals surface area contributed by atoms with Gasteiger partial charge in [0.15, 0.2) is 0 Å². The van der Waals surface area contributed by atoms with Crippen LogP contribution in [-0.2, 0) is 27.1 Å². The molecule has 0 bridgehead atoms. The molecule has 1 aliphatic carbocycles. The molecular formula is C24H38N4O4. The highest BCUT2D eigenvalue weighted by atomic mass is 16.5. The smallest absolute Gasteiger partial charge is 0.328 e. The first-order valence-electron chi connectivity index (χ1n) is 12.0. The van der Waals surface area contributed by atoms with E-state index in [1.54, 1.807) is 4.90 Å². The van der Waals surface area contributed by atoms with E-state index in [1.807, 2.05) is 13.8 Å². The van der Waals surface area contributed by atoms with Gasteiger partial charge in [-0.25, -0.2) is 14.6 Å². The van der Waals surface area contributed by atoms with Gasteiger partial charge in [-0.1, -0.05) is 6.07 Å². The maximum Gasteiger partial charge on any atom is 0.328 e. The number of amides is 2. The highest BCUT2D eigenvalue weighted by molar-refractivity contribution is 5.83. The zero-order valence-corrected chi connectivity index (χ0v) is 19.7. The molecule has 2 amide bonds. The molecule has 1 atom stereocenters. The Hall–Kier alpha value is -2.35. The van der Waals surface area contributed by atoms with Gasteiger partial charge in [0.1, 0.15) is 11.9 Å². The zero-order valence-electron chi connectivity index (χ0n) is 19.7. The Kier molecular flexibility index (Phi) is 9.14. The van der Waals surface area contributed by atoms with Crippen molar-refractivity contribution in [2.45, 2.75) is 70.9 Å². The first-order valence-corrected chi connectivity index (χ1v) is 12.0. The second-order valence-corrected chi connectivity index (χ2v) is 8.70. The number of esters is 1. The fourth-order valence-corrected chi connectivity index (χ4v) is 4.40. The number of aryl methyl sites for hydroxylation is 2. The van der Waals surface area contributed by atoms with Gasteiger partial charge in [-0.15, -0.1) is 0 Å². The van der Waals surface area contributed by atoms with Crippen molar-refractivity contribution in [3.05, 3.63) is 23.4 Å². The molecule has 1 aromatic heterocycles. The van der Waals surface area contributed by atoms with E-state index in [9.17, 15) is 9.59 Å². The summed E-state index contributed by atoms with van der Waals surface area (Å²) in [6, 6.07) is 3.44. The van der Waals surface area contributed by atoms with Gasteiger partial charge >= 0.3 is 12.0 Å². The molecule has 0 spiro atoms. The lowest BCUT2D eigenvalue weighted by molar-refractivity contribution is -0.143. The molecule has 8 nitrogen and oxygen atoms in total. The number of fused-ring (bicyclic) bond motifs is 1. The maximum absolute atomic E-state index is 12.3. The van der Waals surface area contributed by atoms with E-state index >= 15 is 0 Å². The summed E-state index contributed by atoms with van der Waals surface area (Å²) in [6.07, 6.45) is 7.13. The summed E-state index contributed by atoms with van der Waals surface area (Å²) >= 11 is 0. The minimum Gasteiger partial charge on any atom is -0.467 e.